The van der Waals surface area contributed by atoms with Crippen LogP contribution in [0.15, 0.2) is 24.3 Å². The molecule has 0 spiro atoms. The first kappa shape index (κ1) is 16.4. The molecule has 2 N–H and O–H groups in total. The molecular weight excluding hydrogens is 269 g/mol. The van der Waals surface area contributed by atoms with Gasteiger partial charge in [0.15, 0.2) is 0 Å². The van der Waals surface area contributed by atoms with Crippen molar-refractivity contribution in [1.82, 2.24) is 5.32 Å². The molecule has 21 heavy (non-hydrogen) atoms. The Morgan fingerprint density at radius 3 is 2.71 bits per heavy atom. The smallest absolute Gasteiger partial charge is 0.128 e. The highest BCUT2D eigenvalue weighted by Gasteiger charge is 2.18. The lowest BCUT2D eigenvalue weighted by atomic mass is 9.87. The minimum atomic E-state index is -0.545. The van der Waals surface area contributed by atoms with Gasteiger partial charge in [0, 0.05) is 18.2 Å². The molecule has 3 nitrogen and oxygen atoms in total. The summed E-state index contributed by atoms with van der Waals surface area (Å²) in [6.07, 6.45) is 4.35. The van der Waals surface area contributed by atoms with E-state index >= 15 is 0 Å². The fourth-order valence-electron chi connectivity index (χ4n) is 2.75. The molecule has 1 aromatic carbocycles. The van der Waals surface area contributed by atoms with Crippen molar-refractivity contribution in [3.05, 3.63) is 35.6 Å². The van der Waals surface area contributed by atoms with Crippen LogP contribution in [0.1, 0.15) is 38.2 Å². The highest BCUT2D eigenvalue weighted by atomic mass is 19.1. The first-order valence-corrected chi connectivity index (χ1v) is 7.87. The highest BCUT2D eigenvalue weighted by molar-refractivity contribution is 5.16. The summed E-state index contributed by atoms with van der Waals surface area (Å²) in [5.74, 6) is 0.568. The minimum absolute atomic E-state index is 0.199. The van der Waals surface area contributed by atoms with Crippen molar-refractivity contribution in [2.75, 3.05) is 13.2 Å². The topological polar surface area (TPSA) is 41.5 Å². The molecule has 1 fully saturated rings. The molecule has 0 radical (unpaired) electrons. The molecule has 0 saturated heterocycles. The molecule has 1 atom stereocenters. The number of rotatable bonds is 7. The Morgan fingerprint density at radius 2 is 2.00 bits per heavy atom. The third-order valence-electron chi connectivity index (χ3n) is 4.18. The van der Waals surface area contributed by atoms with E-state index in [1.165, 1.54) is 31.7 Å². The molecule has 0 aromatic heterocycles. The van der Waals surface area contributed by atoms with Crippen LogP contribution >= 0.6 is 0 Å². The Hall–Kier alpha value is -0.970. The summed E-state index contributed by atoms with van der Waals surface area (Å²) in [5, 5.41) is 13.3. The maximum atomic E-state index is 13.4. The molecule has 0 bridgehead atoms. The van der Waals surface area contributed by atoms with Crippen LogP contribution in [0, 0.1) is 11.7 Å². The van der Waals surface area contributed by atoms with E-state index in [-0.39, 0.29) is 19.0 Å². The number of aliphatic hydroxyl groups is 1. The van der Waals surface area contributed by atoms with Gasteiger partial charge < -0.3 is 15.2 Å². The van der Waals surface area contributed by atoms with Crippen molar-refractivity contribution in [2.24, 2.45) is 5.92 Å². The van der Waals surface area contributed by atoms with Gasteiger partial charge in [0.05, 0.1) is 19.3 Å². The Labute approximate surface area is 126 Å². The van der Waals surface area contributed by atoms with Gasteiger partial charge in [0.2, 0.25) is 0 Å². The van der Waals surface area contributed by atoms with Gasteiger partial charge in [-0.3, -0.25) is 0 Å². The Bertz CT molecular complexity index is 419. The molecule has 0 heterocycles. The van der Waals surface area contributed by atoms with E-state index in [0.29, 0.717) is 18.2 Å². The lowest BCUT2D eigenvalue weighted by Crippen LogP contribution is -2.39. The predicted octanol–water partition coefficient (Wildman–Crippen LogP) is 2.87. The van der Waals surface area contributed by atoms with Crippen molar-refractivity contribution in [2.45, 2.75) is 51.4 Å². The molecule has 1 aromatic rings. The molecule has 1 unspecified atom stereocenters. The number of halogens is 1. The molecule has 4 heteroatoms. The first-order chi connectivity index (χ1) is 10.1. The molecule has 2 rings (SSSR count). The second-order valence-electron chi connectivity index (χ2n) is 6.13. The van der Waals surface area contributed by atoms with Gasteiger partial charge in [-0.2, -0.15) is 0 Å². The predicted molar refractivity (Wildman–Crippen MR) is 81.5 cm³/mol. The first-order valence-electron chi connectivity index (χ1n) is 7.87. The average molecular weight is 295 g/mol. The average Bonchev–Trinajstić information content (AvgIpc) is 2.49. The van der Waals surface area contributed by atoms with Crippen molar-refractivity contribution in [1.29, 1.82) is 0 Å². The van der Waals surface area contributed by atoms with Gasteiger partial charge in [-0.25, -0.2) is 4.39 Å². The van der Waals surface area contributed by atoms with Crippen LogP contribution in [0.3, 0.4) is 0 Å². The standard InChI is InChI=1S/C17H26FNO2/c1-13-6-8-15(9-7-13)19-10-16(20)12-21-11-14-4-2-3-5-17(14)18/h2-5,13,15-16,19-20H,6-12H2,1H3. The van der Waals surface area contributed by atoms with Crippen molar-refractivity contribution >= 4 is 0 Å². The lowest BCUT2D eigenvalue weighted by molar-refractivity contribution is 0.0258. The van der Waals surface area contributed by atoms with E-state index in [0.717, 1.165) is 5.92 Å². The summed E-state index contributed by atoms with van der Waals surface area (Å²) in [4.78, 5) is 0. The van der Waals surface area contributed by atoms with Crippen molar-refractivity contribution < 1.29 is 14.2 Å². The Balaban J connectivity index is 1.59. The second-order valence-corrected chi connectivity index (χ2v) is 6.13. The zero-order chi connectivity index (χ0) is 15.1. The summed E-state index contributed by atoms with van der Waals surface area (Å²) < 4.78 is 18.8. The zero-order valence-corrected chi connectivity index (χ0v) is 12.7. The molecule has 118 valence electrons. The van der Waals surface area contributed by atoms with Crippen molar-refractivity contribution in [3.8, 4) is 0 Å². The summed E-state index contributed by atoms with van der Waals surface area (Å²) in [7, 11) is 0. The monoisotopic (exact) mass is 295 g/mol. The maximum absolute atomic E-state index is 13.4. The van der Waals surface area contributed by atoms with Crippen LogP contribution in [-0.2, 0) is 11.3 Å². The number of hydrogen-bond donors (Lipinski definition) is 2. The normalized spacial score (nSPS) is 24.0. The molecule has 1 saturated carbocycles. The maximum Gasteiger partial charge on any atom is 0.128 e. The van der Waals surface area contributed by atoms with Crippen LogP contribution in [0.25, 0.3) is 0 Å². The van der Waals surface area contributed by atoms with Crippen LogP contribution in [0.2, 0.25) is 0 Å². The van der Waals surface area contributed by atoms with Gasteiger partial charge in [-0.05, 0) is 37.7 Å². The molecule has 1 aliphatic rings. The van der Waals surface area contributed by atoms with E-state index < -0.39 is 6.10 Å². The van der Waals surface area contributed by atoms with Crippen LogP contribution in [-0.4, -0.2) is 30.4 Å². The quantitative estimate of drug-likeness (QED) is 0.813. The van der Waals surface area contributed by atoms with Crippen LogP contribution < -0.4 is 5.32 Å². The minimum Gasteiger partial charge on any atom is -0.389 e. The van der Waals surface area contributed by atoms with Gasteiger partial charge in [-0.1, -0.05) is 25.1 Å². The number of hydrogen-bond acceptors (Lipinski definition) is 3. The Morgan fingerprint density at radius 1 is 1.29 bits per heavy atom. The molecule has 0 aliphatic heterocycles. The molecule has 1 aliphatic carbocycles. The number of nitrogens with one attached hydrogen (secondary N) is 1. The van der Waals surface area contributed by atoms with Gasteiger partial charge in [0.25, 0.3) is 0 Å². The van der Waals surface area contributed by atoms with Gasteiger partial charge >= 0.3 is 0 Å². The third kappa shape index (κ3) is 5.73. The summed E-state index contributed by atoms with van der Waals surface area (Å²) in [6, 6.07) is 7.07. The van der Waals surface area contributed by atoms with E-state index in [4.69, 9.17) is 4.74 Å². The highest BCUT2D eigenvalue weighted by Crippen LogP contribution is 2.23. The van der Waals surface area contributed by atoms with Crippen LogP contribution in [0.5, 0.6) is 0 Å². The van der Waals surface area contributed by atoms with Crippen molar-refractivity contribution in [3.63, 3.8) is 0 Å². The molecule has 0 amide bonds. The second kappa shape index (κ2) is 8.47. The number of ether oxygens (including phenoxy) is 1. The van der Waals surface area contributed by atoms with E-state index in [1.54, 1.807) is 18.2 Å². The largest absolute Gasteiger partial charge is 0.389 e. The number of benzene rings is 1. The van der Waals surface area contributed by atoms with Crippen LogP contribution in [0.4, 0.5) is 4.39 Å². The SMILES string of the molecule is CC1CCC(NCC(O)COCc2ccccc2F)CC1. The van der Waals surface area contributed by atoms with E-state index in [2.05, 4.69) is 12.2 Å². The fraction of sp³-hybridized carbons (Fsp3) is 0.647. The molecular formula is C17H26FNO2. The number of aliphatic hydroxyl groups excluding tert-OH is 1. The summed E-state index contributed by atoms with van der Waals surface area (Å²) >= 11 is 0. The zero-order valence-electron chi connectivity index (χ0n) is 12.7. The summed E-state index contributed by atoms with van der Waals surface area (Å²) in [6.45, 7) is 3.26. The van der Waals surface area contributed by atoms with Gasteiger partial charge in [-0.15, -0.1) is 0 Å². The van der Waals surface area contributed by atoms with E-state index in [1.807, 2.05) is 0 Å². The fourth-order valence-corrected chi connectivity index (χ4v) is 2.75. The van der Waals surface area contributed by atoms with E-state index in [9.17, 15) is 9.50 Å². The lowest BCUT2D eigenvalue weighted by Gasteiger charge is -2.27. The van der Waals surface area contributed by atoms with Gasteiger partial charge in [0.1, 0.15) is 5.82 Å². The summed E-state index contributed by atoms with van der Waals surface area (Å²) in [5.41, 5.74) is 0.527. The Kier molecular flexibility index (Phi) is 6.61. The third-order valence-corrected chi connectivity index (χ3v) is 4.18.